The number of halogens is 2. The van der Waals surface area contributed by atoms with Crippen molar-refractivity contribution in [3.63, 3.8) is 0 Å². The second-order valence-electron chi connectivity index (χ2n) is 7.79. The summed E-state index contributed by atoms with van der Waals surface area (Å²) in [6, 6.07) is 21.1. The van der Waals surface area contributed by atoms with Gasteiger partial charge in [-0.3, -0.25) is 9.48 Å². The topological polar surface area (TPSA) is 56.1 Å². The van der Waals surface area contributed by atoms with E-state index in [0.717, 1.165) is 16.8 Å². The van der Waals surface area contributed by atoms with Gasteiger partial charge in [-0.2, -0.15) is 5.10 Å². The highest BCUT2D eigenvalue weighted by Gasteiger charge is 2.12. The van der Waals surface area contributed by atoms with Crippen molar-refractivity contribution in [1.82, 2.24) is 9.78 Å². The van der Waals surface area contributed by atoms with Crippen LogP contribution in [0.5, 0.6) is 5.75 Å². The number of amides is 1. The molecular formula is C26H23ClFN3O2. The fourth-order valence-electron chi connectivity index (χ4n) is 3.34. The molecule has 1 N–H and O–H groups in total. The predicted molar refractivity (Wildman–Crippen MR) is 127 cm³/mol. The van der Waals surface area contributed by atoms with Crippen LogP contribution in [-0.4, -0.2) is 15.7 Å². The highest BCUT2D eigenvalue weighted by atomic mass is 35.5. The quantitative estimate of drug-likeness (QED) is 0.356. The lowest BCUT2D eigenvalue weighted by atomic mass is 10.1. The summed E-state index contributed by atoms with van der Waals surface area (Å²) in [5.74, 6) is 0.474. The van der Waals surface area contributed by atoms with Gasteiger partial charge >= 0.3 is 0 Å². The van der Waals surface area contributed by atoms with E-state index in [1.807, 2.05) is 38.1 Å². The first-order chi connectivity index (χ1) is 15.9. The molecule has 0 aliphatic carbocycles. The van der Waals surface area contributed by atoms with Gasteiger partial charge in [0.25, 0.3) is 5.91 Å². The van der Waals surface area contributed by atoms with E-state index in [-0.39, 0.29) is 18.3 Å². The number of anilines is 1. The smallest absolute Gasteiger partial charge is 0.256 e. The standard InChI is InChI=1S/C26H23ClFN3O2/c1-17-7-12-22(27)24(13-17)33-16-19-8-10-20(11-9-19)26(32)29-25-14-18(2)31(30-25)15-21-5-3-4-6-23(21)28/h3-14H,15-16H2,1-2H3,(H,29,30,32). The monoisotopic (exact) mass is 463 g/mol. The zero-order chi connectivity index (χ0) is 23.4. The second kappa shape index (κ2) is 9.88. The van der Waals surface area contributed by atoms with Crippen molar-refractivity contribution in [2.75, 3.05) is 5.32 Å². The predicted octanol–water partition coefficient (Wildman–Crippen LogP) is 6.17. The number of rotatable bonds is 7. The molecule has 0 aliphatic heterocycles. The number of nitrogens with one attached hydrogen (secondary N) is 1. The first kappa shape index (κ1) is 22.6. The maximum Gasteiger partial charge on any atom is 0.256 e. The van der Waals surface area contributed by atoms with Crippen molar-refractivity contribution in [3.05, 3.63) is 112 Å². The van der Waals surface area contributed by atoms with Gasteiger partial charge in [-0.25, -0.2) is 4.39 Å². The van der Waals surface area contributed by atoms with E-state index in [2.05, 4.69) is 10.4 Å². The van der Waals surface area contributed by atoms with Crippen LogP contribution in [-0.2, 0) is 13.2 Å². The van der Waals surface area contributed by atoms with Crippen LogP contribution in [0.2, 0.25) is 5.02 Å². The molecule has 0 atom stereocenters. The van der Waals surface area contributed by atoms with Gasteiger partial charge in [0.15, 0.2) is 5.82 Å². The molecule has 0 saturated heterocycles. The molecule has 4 aromatic rings. The Balaban J connectivity index is 1.38. The number of nitrogens with zero attached hydrogens (tertiary/aromatic N) is 2. The van der Waals surface area contributed by atoms with E-state index in [0.29, 0.717) is 34.3 Å². The van der Waals surface area contributed by atoms with Crippen LogP contribution in [0.25, 0.3) is 0 Å². The fourth-order valence-corrected chi connectivity index (χ4v) is 3.51. The van der Waals surface area contributed by atoms with Gasteiger partial charge in [-0.05, 0) is 55.3 Å². The molecule has 0 spiro atoms. The third kappa shape index (κ3) is 5.59. The number of aromatic nitrogens is 2. The summed E-state index contributed by atoms with van der Waals surface area (Å²) in [5.41, 5.74) is 3.82. The Labute approximate surface area is 196 Å². The Morgan fingerprint density at radius 3 is 2.58 bits per heavy atom. The Morgan fingerprint density at radius 2 is 1.82 bits per heavy atom. The average Bonchev–Trinajstić information content (AvgIpc) is 3.14. The fraction of sp³-hybridized carbons (Fsp3) is 0.154. The minimum atomic E-state index is -0.285. The van der Waals surface area contributed by atoms with Gasteiger partial charge in [-0.15, -0.1) is 0 Å². The molecule has 0 unspecified atom stereocenters. The number of carbonyl (C=O) groups is 1. The number of carbonyl (C=O) groups excluding carboxylic acids is 1. The maximum atomic E-state index is 13.9. The largest absolute Gasteiger partial charge is 0.487 e. The summed E-state index contributed by atoms with van der Waals surface area (Å²) in [4.78, 5) is 12.7. The van der Waals surface area contributed by atoms with Crippen LogP contribution >= 0.6 is 11.6 Å². The first-order valence-electron chi connectivity index (χ1n) is 10.5. The zero-order valence-corrected chi connectivity index (χ0v) is 19.1. The van der Waals surface area contributed by atoms with E-state index >= 15 is 0 Å². The number of ether oxygens (including phenoxy) is 1. The lowest BCUT2D eigenvalue weighted by molar-refractivity contribution is 0.102. The van der Waals surface area contributed by atoms with Crippen molar-refractivity contribution < 1.29 is 13.9 Å². The SMILES string of the molecule is Cc1ccc(Cl)c(OCc2ccc(C(=O)Nc3cc(C)n(Cc4ccccc4F)n3)cc2)c1. The summed E-state index contributed by atoms with van der Waals surface area (Å²) in [6.45, 7) is 4.46. The van der Waals surface area contributed by atoms with Crippen molar-refractivity contribution in [1.29, 1.82) is 0 Å². The van der Waals surface area contributed by atoms with E-state index in [4.69, 9.17) is 16.3 Å². The van der Waals surface area contributed by atoms with Crippen molar-refractivity contribution >= 4 is 23.3 Å². The molecule has 7 heteroatoms. The third-order valence-corrected chi connectivity index (χ3v) is 5.51. The Hall–Kier alpha value is -3.64. The van der Waals surface area contributed by atoms with Crippen molar-refractivity contribution in [2.24, 2.45) is 0 Å². The van der Waals surface area contributed by atoms with Gasteiger partial charge < -0.3 is 10.1 Å². The van der Waals surface area contributed by atoms with Gasteiger partial charge in [0.1, 0.15) is 18.2 Å². The molecule has 1 aromatic heterocycles. The van der Waals surface area contributed by atoms with Gasteiger partial charge in [-0.1, -0.05) is 48.0 Å². The van der Waals surface area contributed by atoms with Gasteiger partial charge in [0.2, 0.25) is 0 Å². The van der Waals surface area contributed by atoms with Gasteiger partial charge in [0, 0.05) is 22.9 Å². The molecule has 0 bridgehead atoms. The number of benzene rings is 3. The highest BCUT2D eigenvalue weighted by molar-refractivity contribution is 6.32. The molecule has 33 heavy (non-hydrogen) atoms. The van der Waals surface area contributed by atoms with Crippen LogP contribution in [0.3, 0.4) is 0 Å². The molecule has 3 aromatic carbocycles. The van der Waals surface area contributed by atoms with Crippen LogP contribution in [0.4, 0.5) is 10.2 Å². The molecule has 0 fully saturated rings. The molecule has 4 rings (SSSR count). The van der Waals surface area contributed by atoms with E-state index in [1.54, 1.807) is 47.1 Å². The van der Waals surface area contributed by atoms with Gasteiger partial charge in [0.05, 0.1) is 11.6 Å². The minimum Gasteiger partial charge on any atom is -0.487 e. The van der Waals surface area contributed by atoms with Crippen LogP contribution in [0.1, 0.15) is 32.7 Å². The summed E-state index contributed by atoms with van der Waals surface area (Å²) < 4.78 is 21.4. The lowest BCUT2D eigenvalue weighted by Crippen LogP contribution is -2.13. The number of hydrogen-bond donors (Lipinski definition) is 1. The van der Waals surface area contributed by atoms with E-state index in [1.165, 1.54) is 6.07 Å². The summed E-state index contributed by atoms with van der Waals surface area (Å²) in [5, 5.41) is 7.75. The molecule has 1 heterocycles. The second-order valence-corrected chi connectivity index (χ2v) is 8.20. The lowest BCUT2D eigenvalue weighted by Gasteiger charge is -2.09. The molecular weight excluding hydrogens is 441 g/mol. The third-order valence-electron chi connectivity index (χ3n) is 5.20. The summed E-state index contributed by atoms with van der Waals surface area (Å²) in [6.07, 6.45) is 0. The highest BCUT2D eigenvalue weighted by Crippen LogP contribution is 2.26. The maximum absolute atomic E-state index is 13.9. The minimum absolute atomic E-state index is 0.278. The Bertz CT molecular complexity index is 1290. The Kier molecular flexibility index (Phi) is 6.75. The summed E-state index contributed by atoms with van der Waals surface area (Å²) in [7, 11) is 0. The molecule has 168 valence electrons. The molecule has 1 amide bonds. The van der Waals surface area contributed by atoms with Crippen LogP contribution in [0.15, 0.2) is 72.8 Å². The normalized spacial score (nSPS) is 10.8. The molecule has 5 nitrogen and oxygen atoms in total. The van der Waals surface area contributed by atoms with Crippen molar-refractivity contribution in [3.8, 4) is 5.75 Å². The van der Waals surface area contributed by atoms with Crippen LogP contribution < -0.4 is 10.1 Å². The van der Waals surface area contributed by atoms with E-state index in [9.17, 15) is 9.18 Å². The van der Waals surface area contributed by atoms with Crippen molar-refractivity contribution in [2.45, 2.75) is 27.0 Å². The number of hydrogen-bond acceptors (Lipinski definition) is 3. The molecule has 0 saturated carbocycles. The first-order valence-corrected chi connectivity index (χ1v) is 10.8. The number of aryl methyl sites for hydroxylation is 2. The zero-order valence-electron chi connectivity index (χ0n) is 18.3. The molecule has 0 aliphatic rings. The molecule has 0 radical (unpaired) electrons. The van der Waals surface area contributed by atoms with Crippen LogP contribution in [0, 0.1) is 19.7 Å². The summed E-state index contributed by atoms with van der Waals surface area (Å²) >= 11 is 6.17. The average molecular weight is 464 g/mol. The van der Waals surface area contributed by atoms with E-state index < -0.39 is 0 Å². The Morgan fingerprint density at radius 1 is 1.06 bits per heavy atom.